The zero-order chi connectivity index (χ0) is 38.6. The van der Waals surface area contributed by atoms with Crippen molar-refractivity contribution in [3.63, 3.8) is 0 Å². The molecule has 1 aromatic heterocycles. The maximum atomic E-state index is 9.50. The number of fused-ring (bicyclic) bond motifs is 9. The van der Waals surface area contributed by atoms with Crippen LogP contribution in [0.15, 0.2) is 204 Å². The van der Waals surface area contributed by atoms with Gasteiger partial charge in [-0.1, -0.05) is 163 Å². The van der Waals surface area contributed by atoms with Gasteiger partial charge in [-0.15, -0.1) is 0 Å². The summed E-state index contributed by atoms with van der Waals surface area (Å²) in [5.41, 5.74) is 14.9. The molecule has 2 aliphatic rings. The van der Waals surface area contributed by atoms with E-state index in [1.54, 1.807) is 0 Å². The van der Waals surface area contributed by atoms with Crippen LogP contribution in [0.2, 0.25) is 0 Å². The van der Waals surface area contributed by atoms with Crippen LogP contribution in [0.5, 0.6) is 0 Å². The first-order chi connectivity index (χ1) is 28.7. The lowest BCUT2D eigenvalue weighted by Crippen LogP contribution is -2.31. The van der Waals surface area contributed by atoms with Gasteiger partial charge in [0.25, 0.3) is 0 Å². The van der Waals surface area contributed by atoms with E-state index < -0.39 is 5.41 Å². The van der Waals surface area contributed by atoms with E-state index in [1.807, 2.05) is 96.7 Å². The van der Waals surface area contributed by atoms with Crippen LogP contribution in [-0.4, -0.2) is 15.0 Å². The average molecular weight is 757 g/mol. The minimum atomic E-state index is -0.487. The van der Waals surface area contributed by atoms with Crippen molar-refractivity contribution in [2.24, 2.45) is 0 Å². The number of nitriles is 1. The fraction of sp³-hybridized carbons (Fsp3) is 0.0189. The van der Waals surface area contributed by atoms with Crippen LogP contribution in [0.25, 0.3) is 67.5 Å². The van der Waals surface area contributed by atoms with Crippen molar-refractivity contribution in [1.82, 2.24) is 15.0 Å². The molecule has 270 valence electrons. The van der Waals surface area contributed by atoms with Crippen LogP contribution >= 0.6 is 11.8 Å². The molecule has 11 rings (SSSR count). The predicted molar refractivity (Wildman–Crippen MR) is 233 cm³/mol. The second kappa shape index (κ2) is 13.7. The molecule has 0 atom stereocenters. The molecule has 4 nitrogen and oxygen atoms in total. The first-order valence-electron chi connectivity index (χ1n) is 19.3. The molecule has 1 spiro atoms. The van der Waals surface area contributed by atoms with Crippen LogP contribution in [0.3, 0.4) is 0 Å². The van der Waals surface area contributed by atoms with Gasteiger partial charge in [-0.3, -0.25) is 0 Å². The highest BCUT2D eigenvalue weighted by Crippen LogP contribution is 2.62. The van der Waals surface area contributed by atoms with Gasteiger partial charge in [-0.25, -0.2) is 15.0 Å². The van der Waals surface area contributed by atoms with E-state index in [9.17, 15) is 5.26 Å². The third-order valence-corrected chi connectivity index (χ3v) is 12.6. The molecule has 2 heterocycles. The van der Waals surface area contributed by atoms with Gasteiger partial charge < -0.3 is 0 Å². The molecule has 0 N–H and O–H groups in total. The SMILES string of the molecule is N#Cc1ccc(-c2ccc3c(c2)-c2cc(-c4cccc(-c5nc(-c6ccccc6)nc(-c6ccccc6)n5)c4)ccc2C32c3ccccc3Sc3ccccc32)cc1. The Morgan fingerprint density at radius 3 is 1.34 bits per heavy atom. The summed E-state index contributed by atoms with van der Waals surface area (Å²) >= 11 is 1.85. The summed E-state index contributed by atoms with van der Waals surface area (Å²) < 4.78 is 0. The Hall–Kier alpha value is -7.39. The van der Waals surface area contributed by atoms with Gasteiger partial charge in [-0.2, -0.15) is 5.26 Å². The maximum absolute atomic E-state index is 9.50. The van der Waals surface area contributed by atoms with Gasteiger partial charge in [0.2, 0.25) is 0 Å². The van der Waals surface area contributed by atoms with Crippen molar-refractivity contribution in [2.45, 2.75) is 15.2 Å². The molecular weight excluding hydrogens is 725 g/mol. The quantitative estimate of drug-likeness (QED) is 0.175. The lowest BCUT2D eigenvalue weighted by atomic mass is 9.67. The number of aromatic nitrogens is 3. The minimum absolute atomic E-state index is 0.487. The van der Waals surface area contributed by atoms with Gasteiger partial charge >= 0.3 is 0 Å². The zero-order valence-corrected chi connectivity index (χ0v) is 32.0. The Morgan fingerprint density at radius 2 is 0.793 bits per heavy atom. The fourth-order valence-electron chi connectivity index (χ4n) is 8.78. The topological polar surface area (TPSA) is 62.5 Å². The summed E-state index contributed by atoms with van der Waals surface area (Å²) in [5.74, 6) is 1.90. The van der Waals surface area contributed by atoms with Crippen molar-refractivity contribution in [3.8, 4) is 73.6 Å². The van der Waals surface area contributed by atoms with Crippen molar-refractivity contribution in [1.29, 1.82) is 5.26 Å². The van der Waals surface area contributed by atoms with E-state index in [0.29, 0.717) is 23.0 Å². The molecule has 0 unspecified atom stereocenters. The van der Waals surface area contributed by atoms with Crippen LogP contribution in [-0.2, 0) is 5.41 Å². The van der Waals surface area contributed by atoms with Gasteiger partial charge in [0, 0.05) is 26.5 Å². The van der Waals surface area contributed by atoms with E-state index >= 15 is 0 Å². The third-order valence-electron chi connectivity index (χ3n) is 11.4. The largest absolute Gasteiger partial charge is 0.208 e. The van der Waals surface area contributed by atoms with Gasteiger partial charge in [0.1, 0.15) is 0 Å². The molecule has 9 aromatic rings. The monoisotopic (exact) mass is 756 g/mol. The summed E-state index contributed by atoms with van der Waals surface area (Å²) in [5, 5.41) is 9.50. The second-order valence-electron chi connectivity index (χ2n) is 14.7. The molecule has 58 heavy (non-hydrogen) atoms. The Labute approximate surface area is 341 Å². The number of hydrogen-bond donors (Lipinski definition) is 0. The Kier molecular flexibility index (Phi) is 7.99. The third kappa shape index (κ3) is 5.42. The van der Waals surface area contributed by atoms with E-state index in [0.717, 1.165) is 38.9 Å². The smallest absolute Gasteiger partial charge is 0.164 e. The van der Waals surface area contributed by atoms with Crippen molar-refractivity contribution >= 4 is 11.8 Å². The number of rotatable bonds is 5. The van der Waals surface area contributed by atoms with Crippen LogP contribution in [0.4, 0.5) is 0 Å². The lowest BCUT2D eigenvalue weighted by Gasteiger charge is -2.39. The zero-order valence-electron chi connectivity index (χ0n) is 31.2. The highest BCUT2D eigenvalue weighted by molar-refractivity contribution is 7.99. The normalized spacial score (nSPS) is 12.9. The Bertz CT molecular complexity index is 2990. The second-order valence-corrected chi connectivity index (χ2v) is 15.8. The molecular formula is C53H32N4S. The standard InChI is InChI=1S/C53H32N4S/c54-33-34-22-24-35(25-23-34)39-26-28-44-42(31-39)43-32-40(27-29-45(43)53(44)46-18-7-9-20-48(46)58-49-21-10-8-19-47(49)53)38-16-11-17-41(30-38)52-56-50(36-12-3-1-4-13-36)55-51(57-52)37-14-5-2-6-15-37/h1-32H. The van der Waals surface area contributed by atoms with Crippen LogP contribution in [0, 0.1) is 11.3 Å². The molecule has 1 aliphatic carbocycles. The molecule has 1 aliphatic heterocycles. The van der Waals surface area contributed by atoms with Crippen molar-refractivity contribution in [2.75, 3.05) is 0 Å². The van der Waals surface area contributed by atoms with Crippen molar-refractivity contribution < 1.29 is 0 Å². The summed E-state index contributed by atoms with van der Waals surface area (Å²) in [7, 11) is 0. The summed E-state index contributed by atoms with van der Waals surface area (Å²) in [6.45, 7) is 0. The van der Waals surface area contributed by atoms with Gasteiger partial charge in [0.05, 0.1) is 17.0 Å². The molecule has 0 amide bonds. The molecule has 8 aromatic carbocycles. The highest BCUT2D eigenvalue weighted by atomic mass is 32.2. The minimum Gasteiger partial charge on any atom is -0.208 e. The molecule has 0 radical (unpaired) electrons. The van der Waals surface area contributed by atoms with E-state index in [-0.39, 0.29) is 0 Å². The number of nitrogens with zero attached hydrogens (tertiary/aromatic N) is 4. The Morgan fingerprint density at radius 1 is 0.362 bits per heavy atom. The van der Waals surface area contributed by atoms with E-state index in [4.69, 9.17) is 15.0 Å². The highest BCUT2D eigenvalue weighted by Gasteiger charge is 2.50. The molecule has 0 bridgehead atoms. The molecule has 0 saturated heterocycles. The van der Waals surface area contributed by atoms with Crippen LogP contribution < -0.4 is 0 Å². The van der Waals surface area contributed by atoms with Gasteiger partial charge in [0.15, 0.2) is 17.5 Å². The molecule has 0 fully saturated rings. The molecule has 0 saturated carbocycles. The van der Waals surface area contributed by atoms with Gasteiger partial charge in [-0.05, 0) is 98.1 Å². The molecule has 5 heteroatoms. The summed E-state index contributed by atoms with van der Waals surface area (Å²) in [6, 6.07) is 70.6. The predicted octanol–water partition coefficient (Wildman–Crippen LogP) is 12.9. The summed E-state index contributed by atoms with van der Waals surface area (Å²) in [6.07, 6.45) is 0. The lowest BCUT2D eigenvalue weighted by molar-refractivity contribution is 0.722. The van der Waals surface area contributed by atoms with E-state index in [1.165, 1.54) is 43.2 Å². The summed E-state index contributed by atoms with van der Waals surface area (Å²) in [4.78, 5) is 17.5. The maximum Gasteiger partial charge on any atom is 0.164 e. The van der Waals surface area contributed by atoms with Crippen LogP contribution in [0.1, 0.15) is 27.8 Å². The Balaban J connectivity index is 1.10. The first kappa shape index (κ1) is 33.9. The average Bonchev–Trinajstić information content (AvgIpc) is 3.59. The fourth-order valence-corrected chi connectivity index (χ4v) is 9.97. The first-order valence-corrected chi connectivity index (χ1v) is 20.1. The number of benzene rings is 8. The van der Waals surface area contributed by atoms with E-state index in [2.05, 4.69) is 115 Å². The number of hydrogen-bond acceptors (Lipinski definition) is 5. The van der Waals surface area contributed by atoms with Crippen molar-refractivity contribution in [3.05, 3.63) is 222 Å².